The summed E-state index contributed by atoms with van der Waals surface area (Å²) >= 11 is 0. The van der Waals surface area contributed by atoms with Crippen LogP contribution in [-0.2, 0) is 4.74 Å². The molecule has 0 bridgehead atoms. The fourth-order valence-electron chi connectivity index (χ4n) is 1.76. The molecule has 1 aromatic heterocycles. The summed E-state index contributed by atoms with van der Waals surface area (Å²) in [6.45, 7) is 1.84. The summed E-state index contributed by atoms with van der Waals surface area (Å²) < 4.78 is 23.2. The second-order valence-corrected chi connectivity index (χ2v) is 3.89. The molecule has 0 radical (unpaired) electrons. The summed E-state index contributed by atoms with van der Waals surface area (Å²) in [7, 11) is 0. The Hall–Kier alpha value is -1.68. The van der Waals surface area contributed by atoms with Crippen molar-refractivity contribution >= 4 is 0 Å². The van der Waals surface area contributed by atoms with E-state index in [0.29, 0.717) is 0 Å². The highest BCUT2D eigenvalue weighted by atomic mass is 19.1. The Kier molecular flexibility index (Phi) is 2.04. The number of benzene rings is 1. The van der Waals surface area contributed by atoms with Crippen molar-refractivity contribution in [3.8, 4) is 0 Å². The number of aromatic nitrogens is 1. The van der Waals surface area contributed by atoms with E-state index in [1.807, 2.05) is 13.0 Å². The van der Waals surface area contributed by atoms with Crippen molar-refractivity contribution < 1.29 is 13.7 Å². The molecule has 1 saturated heterocycles. The number of epoxide rings is 1. The van der Waals surface area contributed by atoms with Gasteiger partial charge in [0, 0.05) is 6.07 Å². The molecule has 3 rings (SSSR count). The molecular formula is C12H10FNO2. The standard InChI is InChI=1S/C12H10FNO2/c1-7-6-10(14-16-7)12-11(15-12)8-2-4-9(13)5-3-8/h2-6,11-12H,1H3. The zero-order valence-electron chi connectivity index (χ0n) is 8.68. The van der Waals surface area contributed by atoms with Crippen LogP contribution in [0.5, 0.6) is 0 Å². The lowest BCUT2D eigenvalue weighted by Crippen LogP contribution is -1.84. The minimum absolute atomic E-state index is 0.0231. The van der Waals surface area contributed by atoms with Gasteiger partial charge in [-0.3, -0.25) is 0 Å². The van der Waals surface area contributed by atoms with Crippen LogP contribution in [0.4, 0.5) is 4.39 Å². The molecule has 0 saturated carbocycles. The van der Waals surface area contributed by atoms with Crippen molar-refractivity contribution in [3.05, 3.63) is 53.2 Å². The van der Waals surface area contributed by atoms with E-state index in [1.165, 1.54) is 12.1 Å². The summed E-state index contributed by atoms with van der Waals surface area (Å²) in [5, 5.41) is 3.90. The first-order valence-electron chi connectivity index (χ1n) is 5.08. The largest absolute Gasteiger partial charge is 0.361 e. The number of nitrogens with zero attached hydrogens (tertiary/aromatic N) is 1. The van der Waals surface area contributed by atoms with Gasteiger partial charge in [0.2, 0.25) is 0 Å². The Balaban J connectivity index is 1.79. The molecule has 1 aliphatic rings. The molecule has 0 aliphatic carbocycles. The average Bonchev–Trinajstić information content (AvgIpc) is 2.96. The number of hydrogen-bond donors (Lipinski definition) is 0. The van der Waals surface area contributed by atoms with Gasteiger partial charge in [-0.25, -0.2) is 4.39 Å². The minimum Gasteiger partial charge on any atom is -0.361 e. The van der Waals surface area contributed by atoms with E-state index in [9.17, 15) is 4.39 Å². The molecule has 1 fully saturated rings. The summed E-state index contributed by atoms with van der Waals surface area (Å²) in [6, 6.07) is 8.18. The molecule has 2 heterocycles. The quantitative estimate of drug-likeness (QED) is 0.729. The Bertz CT molecular complexity index is 506. The highest BCUT2D eigenvalue weighted by Gasteiger charge is 2.43. The SMILES string of the molecule is Cc1cc(C2OC2c2ccc(F)cc2)no1. The van der Waals surface area contributed by atoms with Crippen LogP contribution < -0.4 is 0 Å². The van der Waals surface area contributed by atoms with E-state index >= 15 is 0 Å². The molecule has 1 aliphatic heterocycles. The van der Waals surface area contributed by atoms with Gasteiger partial charge in [0.15, 0.2) is 0 Å². The summed E-state index contributed by atoms with van der Waals surface area (Å²) in [6.07, 6.45) is -0.0759. The predicted molar refractivity (Wildman–Crippen MR) is 54.2 cm³/mol. The van der Waals surface area contributed by atoms with E-state index in [4.69, 9.17) is 9.26 Å². The molecule has 0 amide bonds. The summed E-state index contributed by atoms with van der Waals surface area (Å²) in [4.78, 5) is 0. The van der Waals surface area contributed by atoms with Crippen LogP contribution >= 0.6 is 0 Å². The van der Waals surface area contributed by atoms with E-state index in [-0.39, 0.29) is 18.0 Å². The van der Waals surface area contributed by atoms with Gasteiger partial charge in [0.05, 0.1) is 0 Å². The fourth-order valence-corrected chi connectivity index (χ4v) is 1.76. The van der Waals surface area contributed by atoms with Gasteiger partial charge >= 0.3 is 0 Å². The van der Waals surface area contributed by atoms with E-state index in [1.54, 1.807) is 12.1 Å². The van der Waals surface area contributed by atoms with Crippen LogP contribution in [-0.4, -0.2) is 5.16 Å². The van der Waals surface area contributed by atoms with Crippen molar-refractivity contribution in [2.75, 3.05) is 0 Å². The number of rotatable bonds is 2. The molecule has 1 aromatic carbocycles. The minimum atomic E-state index is -0.238. The van der Waals surface area contributed by atoms with E-state index in [0.717, 1.165) is 17.0 Å². The average molecular weight is 219 g/mol. The van der Waals surface area contributed by atoms with Gasteiger partial charge in [0.1, 0.15) is 29.5 Å². The first kappa shape index (κ1) is 9.54. The van der Waals surface area contributed by atoms with Crippen molar-refractivity contribution in [1.29, 1.82) is 0 Å². The molecule has 0 spiro atoms. The van der Waals surface area contributed by atoms with Gasteiger partial charge in [-0.15, -0.1) is 0 Å². The van der Waals surface area contributed by atoms with Crippen molar-refractivity contribution in [2.24, 2.45) is 0 Å². The molecule has 4 heteroatoms. The highest BCUT2D eigenvalue weighted by molar-refractivity contribution is 5.26. The van der Waals surface area contributed by atoms with Crippen LogP contribution in [0.25, 0.3) is 0 Å². The third kappa shape index (κ3) is 1.61. The molecule has 2 unspecified atom stereocenters. The highest BCUT2D eigenvalue weighted by Crippen LogP contribution is 2.50. The summed E-state index contributed by atoms with van der Waals surface area (Å²) in [5.74, 6) is 0.529. The first-order valence-corrected chi connectivity index (χ1v) is 5.08. The third-order valence-electron chi connectivity index (χ3n) is 2.63. The van der Waals surface area contributed by atoms with Gasteiger partial charge < -0.3 is 9.26 Å². The van der Waals surface area contributed by atoms with Crippen LogP contribution in [0.2, 0.25) is 0 Å². The normalized spacial score (nSPS) is 23.4. The van der Waals surface area contributed by atoms with Crippen LogP contribution in [0.15, 0.2) is 34.9 Å². The van der Waals surface area contributed by atoms with Gasteiger partial charge in [-0.05, 0) is 24.6 Å². The fraction of sp³-hybridized carbons (Fsp3) is 0.250. The zero-order valence-corrected chi connectivity index (χ0v) is 8.68. The predicted octanol–water partition coefficient (Wildman–Crippen LogP) is 2.93. The van der Waals surface area contributed by atoms with Crippen molar-refractivity contribution in [2.45, 2.75) is 19.1 Å². The second kappa shape index (κ2) is 3.42. The number of ether oxygens (including phenoxy) is 1. The maximum absolute atomic E-state index is 12.7. The van der Waals surface area contributed by atoms with E-state index in [2.05, 4.69) is 5.16 Å². The van der Waals surface area contributed by atoms with Crippen LogP contribution in [0.1, 0.15) is 29.2 Å². The Labute approximate surface area is 91.8 Å². The molecule has 2 atom stereocenters. The van der Waals surface area contributed by atoms with Gasteiger partial charge in [-0.2, -0.15) is 0 Å². The maximum Gasteiger partial charge on any atom is 0.134 e. The maximum atomic E-state index is 12.7. The smallest absolute Gasteiger partial charge is 0.134 e. The van der Waals surface area contributed by atoms with Crippen LogP contribution in [0.3, 0.4) is 0 Å². The molecule has 82 valence electrons. The lowest BCUT2D eigenvalue weighted by atomic mass is 10.1. The third-order valence-corrected chi connectivity index (χ3v) is 2.63. The van der Waals surface area contributed by atoms with Crippen LogP contribution in [0, 0.1) is 12.7 Å². The summed E-state index contributed by atoms with van der Waals surface area (Å²) in [5.41, 5.74) is 1.76. The molecule has 2 aromatic rings. The van der Waals surface area contributed by atoms with Crippen molar-refractivity contribution in [1.82, 2.24) is 5.16 Å². The van der Waals surface area contributed by atoms with Gasteiger partial charge in [-0.1, -0.05) is 17.3 Å². The Morgan fingerprint density at radius 2 is 1.94 bits per heavy atom. The first-order chi connectivity index (χ1) is 7.74. The Morgan fingerprint density at radius 1 is 1.19 bits per heavy atom. The van der Waals surface area contributed by atoms with Crippen molar-refractivity contribution in [3.63, 3.8) is 0 Å². The lowest BCUT2D eigenvalue weighted by molar-refractivity contribution is 0.353. The number of hydrogen-bond acceptors (Lipinski definition) is 3. The molecule has 3 nitrogen and oxygen atoms in total. The number of halogens is 1. The second-order valence-electron chi connectivity index (χ2n) is 3.89. The Morgan fingerprint density at radius 3 is 2.56 bits per heavy atom. The zero-order chi connectivity index (χ0) is 11.1. The van der Waals surface area contributed by atoms with E-state index < -0.39 is 0 Å². The monoisotopic (exact) mass is 219 g/mol. The van der Waals surface area contributed by atoms with Gasteiger partial charge in [0.25, 0.3) is 0 Å². The molecular weight excluding hydrogens is 209 g/mol. The lowest BCUT2D eigenvalue weighted by Gasteiger charge is -1.94. The number of aryl methyl sites for hydroxylation is 1. The topological polar surface area (TPSA) is 38.6 Å². The molecule has 0 N–H and O–H groups in total. The molecule has 16 heavy (non-hydrogen) atoms.